The predicted octanol–water partition coefficient (Wildman–Crippen LogP) is 7.25. The summed E-state index contributed by atoms with van der Waals surface area (Å²) >= 11 is 0. The summed E-state index contributed by atoms with van der Waals surface area (Å²) in [7, 11) is 0. The van der Waals surface area contributed by atoms with Crippen LogP contribution in [0, 0.1) is 18.8 Å². The van der Waals surface area contributed by atoms with E-state index in [0.717, 1.165) is 32.5 Å². The molecule has 0 radical (unpaired) electrons. The van der Waals surface area contributed by atoms with Gasteiger partial charge in [0.25, 0.3) is 0 Å². The van der Waals surface area contributed by atoms with Crippen molar-refractivity contribution in [2.75, 3.05) is 13.2 Å². The first-order chi connectivity index (χ1) is 15.9. The highest BCUT2D eigenvalue weighted by Crippen LogP contribution is 2.39. The Morgan fingerprint density at radius 2 is 1.76 bits per heavy atom. The van der Waals surface area contributed by atoms with Crippen LogP contribution in [0.1, 0.15) is 68.7 Å². The van der Waals surface area contributed by atoms with Crippen molar-refractivity contribution in [2.24, 2.45) is 11.8 Å². The van der Waals surface area contributed by atoms with Gasteiger partial charge in [-0.2, -0.15) is 0 Å². The number of allylic oxidation sites excluding steroid dienone is 4. The Morgan fingerprint density at radius 1 is 1.03 bits per heavy atom. The highest BCUT2D eigenvalue weighted by Gasteiger charge is 2.33. The summed E-state index contributed by atoms with van der Waals surface area (Å²) in [5.41, 5.74) is 7.86. The predicted molar refractivity (Wildman–Crippen MR) is 137 cm³/mol. The van der Waals surface area contributed by atoms with Gasteiger partial charge in [0.2, 0.25) is 0 Å². The van der Waals surface area contributed by atoms with E-state index in [1.165, 1.54) is 33.4 Å². The van der Waals surface area contributed by atoms with E-state index >= 15 is 0 Å². The van der Waals surface area contributed by atoms with Gasteiger partial charge in [0.05, 0.1) is 0 Å². The number of carbonyl (C=O) groups is 1. The van der Waals surface area contributed by atoms with Crippen LogP contribution in [0.2, 0.25) is 0 Å². The minimum absolute atomic E-state index is 0.0961. The molecule has 1 heterocycles. The van der Waals surface area contributed by atoms with Gasteiger partial charge in [0.15, 0.2) is 0 Å². The number of hydrogen-bond acceptors (Lipinski definition) is 2. The van der Waals surface area contributed by atoms with E-state index in [1.54, 1.807) is 0 Å². The van der Waals surface area contributed by atoms with Crippen molar-refractivity contribution in [3.63, 3.8) is 0 Å². The van der Waals surface area contributed by atoms with Gasteiger partial charge in [-0.1, -0.05) is 87.0 Å². The molecule has 1 aliphatic heterocycles. The maximum atomic E-state index is 13.0. The first-order valence-corrected chi connectivity index (χ1v) is 12.5. The first-order valence-electron chi connectivity index (χ1n) is 12.5. The Kier molecular flexibility index (Phi) is 7.34. The molecule has 1 unspecified atom stereocenters. The number of carbonyl (C=O) groups excluding carboxylic acids is 1. The molecule has 33 heavy (non-hydrogen) atoms. The quantitative estimate of drug-likeness (QED) is 0.430. The lowest BCUT2D eigenvalue weighted by Gasteiger charge is -2.37. The van der Waals surface area contributed by atoms with Crippen LogP contribution in [0.15, 0.2) is 66.3 Å². The van der Waals surface area contributed by atoms with E-state index in [4.69, 9.17) is 4.74 Å². The third-order valence-corrected chi connectivity index (χ3v) is 8.02. The molecular formula is C31H38O2. The molecule has 0 N–H and O–H groups in total. The van der Waals surface area contributed by atoms with E-state index in [2.05, 4.69) is 88.4 Å². The number of ether oxygens (including phenoxy) is 1. The minimum Gasteiger partial charge on any atom is -0.381 e. The molecule has 2 aliphatic rings. The van der Waals surface area contributed by atoms with Gasteiger partial charge >= 0.3 is 0 Å². The molecule has 2 aromatic rings. The molecule has 0 spiro atoms. The van der Waals surface area contributed by atoms with Gasteiger partial charge < -0.3 is 4.74 Å². The lowest BCUT2D eigenvalue weighted by atomic mass is 9.69. The lowest BCUT2D eigenvalue weighted by molar-refractivity contribution is -0.118. The summed E-state index contributed by atoms with van der Waals surface area (Å²) in [6, 6.07) is 17.3. The summed E-state index contributed by atoms with van der Waals surface area (Å²) < 4.78 is 5.58. The van der Waals surface area contributed by atoms with Crippen molar-refractivity contribution in [1.29, 1.82) is 0 Å². The first kappa shape index (κ1) is 23.7. The molecular weight excluding hydrogens is 404 g/mol. The second-order valence-electron chi connectivity index (χ2n) is 10.4. The minimum atomic E-state index is 0.0961. The van der Waals surface area contributed by atoms with Crippen LogP contribution < -0.4 is 0 Å². The van der Waals surface area contributed by atoms with E-state index in [-0.39, 0.29) is 5.41 Å². The van der Waals surface area contributed by atoms with Crippen LogP contribution in [0.3, 0.4) is 0 Å². The number of hydrogen-bond donors (Lipinski definition) is 0. The number of Topliss-reactive ketones (excluding diaryl/α,β-unsaturated/α-hetero) is 1. The largest absolute Gasteiger partial charge is 0.381 e. The topological polar surface area (TPSA) is 26.3 Å². The molecule has 2 nitrogen and oxygen atoms in total. The summed E-state index contributed by atoms with van der Waals surface area (Å²) in [6.07, 6.45) is 8.67. The van der Waals surface area contributed by atoms with Crippen LogP contribution in [-0.2, 0) is 21.4 Å². The van der Waals surface area contributed by atoms with Crippen molar-refractivity contribution >= 4 is 11.4 Å². The van der Waals surface area contributed by atoms with Crippen LogP contribution in [-0.4, -0.2) is 19.0 Å². The average molecular weight is 443 g/mol. The third kappa shape index (κ3) is 5.38. The molecule has 0 saturated carbocycles. The van der Waals surface area contributed by atoms with Crippen molar-refractivity contribution in [2.45, 2.75) is 65.2 Å². The molecule has 2 aromatic carbocycles. The molecule has 4 rings (SSSR count). The lowest BCUT2D eigenvalue weighted by Crippen LogP contribution is -2.33. The summed E-state index contributed by atoms with van der Waals surface area (Å²) in [5.74, 6) is 1.34. The van der Waals surface area contributed by atoms with Crippen molar-refractivity contribution in [3.8, 4) is 0 Å². The van der Waals surface area contributed by atoms with Gasteiger partial charge in [0.1, 0.15) is 5.78 Å². The van der Waals surface area contributed by atoms with Crippen LogP contribution in [0.25, 0.3) is 5.57 Å². The number of benzene rings is 2. The summed E-state index contributed by atoms with van der Waals surface area (Å²) in [5, 5.41) is 0. The van der Waals surface area contributed by atoms with Gasteiger partial charge in [-0.25, -0.2) is 0 Å². The summed E-state index contributed by atoms with van der Waals surface area (Å²) in [6.45, 7) is 10.8. The van der Waals surface area contributed by atoms with Crippen LogP contribution in [0.5, 0.6) is 0 Å². The molecule has 174 valence electrons. The molecule has 0 amide bonds. The van der Waals surface area contributed by atoms with Crippen molar-refractivity contribution in [1.82, 2.24) is 0 Å². The molecule has 2 heteroatoms. The third-order valence-electron chi connectivity index (χ3n) is 8.02. The smallest absolute Gasteiger partial charge is 0.137 e. The molecule has 1 fully saturated rings. The van der Waals surface area contributed by atoms with Gasteiger partial charge in [0, 0.05) is 32.0 Å². The average Bonchev–Trinajstić information content (AvgIpc) is 3.20. The van der Waals surface area contributed by atoms with E-state index < -0.39 is 0 Å². The second kappa shape index (κ2) is 10.2. The molecule has 0 bridgehead atoms. The summed E-state index contributed by atoms with van der Waals surface area (Å²) in [4.78, 5) is 13.0. The van der Waals surface area contributed by atoms with E-state index in [1.807, 2.05) is 0 Å². The fourth-order valence-corrected chi connectivity index (χ4v) is 5.46. The Morgan fingerprint density at radius 3 is 2.48 bits per heavy atom. The van der Waals surface area contributed by atoms with Gasteiger partial charge in [-0.15, -0.1) is 0 Å². The Bertz CT molecular complexity index is 1040. The number of rotatable bonds is 8. The van der Waals surface area contributed by atoms with E-state index in [0.29, 0.717) is 30.5 Å². The van der Waals surface area contributed by atoms with Crippen molar-refractivity contribution in [3.05, 3.63) is 88.5 Å². The zero-order valence-electron chi connectivity index (χ0n) is 20.7. The fraction of sp³-hybridized carbons (Fsp3) is 0.452. The maximum Gasteiger partial charge on any atom is 0.137 e. The standard InChI is InChI=1S/C31H38O2/c1-22-10-13-28(31(3,4)27-16-18-33-19-17-27)20-26(22)21-29(32)14-11-24-12-15-30(23(24)2)25-8-6-5-7-9-25/h5-10,12-13,15,20,23,27H,11,14,16-19,21H2,1-4H3. The SMILES string of the molecule is Cc1ccc(C(C)(C)C2CCOCC2)cc1CC(=O)CCC1=CC=C(c2ccccc2)C1C. The second-order valence-corrected chi connectivity index (χ2v) is 10.4. The number of ketones is 1. The van der Waals surface area contributed by atoms with E-state index in [9.17, 15) is 4.79 Å². The molecule has 1 atom stereocenters. The number of aryl methyl sites for hydroxylation is 1. The highest BCUT2D eigenvalue weighted by molar-refractivity contribution is 5.82. The molecule has 1 saturated heterocycles. The Balaban J connectivity index is 1.37. The zero-order valence-corrected chi connectivity index (χ0v) is 20.7. The van der Waals surface area contributed by atoms with Crippen LogP contribution in [0.4, 0.5) is 0 Å². The Labute approximate surface area is 199 Å². The van der Waals surface area contributed by atoms with Gasteiger partial charge in [-0.05, 0) is 65.3 Å². The normalized spacial score (nSPS) is 19.3. The monoisotopic (exact) mass is 442 g/mol. The zero-order chi connectivity index (χ0) is 23.4. The fourth-order valence-electron chi connectivity index (χ4n) is 5.46. The highest BCUT2D eigenvalue weighted by atomic mass is 16.5. The van der Waals surface area contributed by atoms with Crippen molar-refractivity contribution < 1.29 is 9.53 Å². The van der Waals surface area contributed by atoms with Gasteiger partial charge in [-0.3, -0.25) is 4.79 Å². The maximum absolute atomic E-state index is 13.0. The van der Waals surface area contributed by atoms with Crippen LogP contribution >= 0.6 is 0 Å². The molecule has 1 aliphatic carbocycles. The Hall–Kier alpha value is -2.45. The molecule has 0 aromatic heterocycles.